The normalized spacial score (nSPS) is 16.3. The number of rotatable bonds is 5. The lowest BCUT2D eigenvalue weighted by molar-refractivity contribution is -0.122. The van der Waals surface area contributed by atoms with Crippen molar-refractivity contribution >= 4 is 62.7 Å². The fourth-order valence-electron chi connectivity index (χ4n) is 1.88. The van der Waals surface area contributed by atoms with Gasteiger partial charge in [0.2, 0.25) is 5.91 Å². The highest BCUT2D eigenvalue weighted by Gasteiger charge is 2.32. The molecular formula is C14H11N3O3S3. The molecule has 3 heterocycles. The van der Waals surface area contributed by atoms with E-state index < -0.39 is 0 Å². The molecule has 23 heavy (non-hydrogen) atoms. The molecule has 2 amide bonds. The second-order valence-corrected chi connectivity index (χ2v) is 7.05. The van der Waals surface area contributed by atoms with Crippen LogP contribution in [-0.4, -0.2) is 32.6 Å². The summed E-state index contributed by atoms with van der Waals surface area (Å²) >= 11 is 7.76. The van der Waals surface area contributed by atoms with Gasteiger partial charge in [0.15, 0.2) is 5.13 Å². The Kier molecular flexibility index (Phi) is 4.89. The van der Waals surface area contributed by atoms with Gasteiger partial charge >= 0.3 is 0 Å². The van der Waals surface area contributed by atoms with E-state index in [1.54, 1.807) is 29.8 Å². The molecule has 0 atom stereocenters. The molecule has 118 valence electrons. The van der Waals surface area contributed by atoms with Gasteiger partial charge in [0, 0.05) is 30.6 Å². The first-order chi connectivity index (χ1) is 11.1. The van der Waals surface area contributed by atoms with Crippen LogP contribution >= 0.6 is 35.3 Å². The highest BCUT2D eigenvalue weighted by molar-refractivity contribution is 8.26. The quantitative estimate of drug-likeness (QED) is 0.648. The zero-order chi connectivity index (χ0) is 16.2. The monoisotopic (exact) mass is 365 g/mol. The maximum absolute atomic E-state index is 12.3. The van der Waals surface area contributed by atoms with Gasteiger partial charge in [0.05, 0.1) is 11.2 Å². The lowest BCUT2D eigenvalue weighted by atomic mass is 10.3. The van der Waals surface area contributed by atoms with Gasteiger partial charge in [-0.15, -0.1) is 11.3 Å². The number of hydrogen-bond acceptors (Lipinski definition) is 7. The van der Waals surface area contributed by atoms with Gasteiger partial charge in [-0.1, -0.05) is 24.0 Å². The number of nitrogens with zero attached hydrogens (tertiary/aromatic N) is 2. The fraction of sp³-hybridized carbons (Fsp3) is 0.143. The average molecular weight is 365 g/mol. The Bertz CT molecular complexity index is 754. The summed E-state index contributed by atoms with van der Waals surface area (Å²) in [4.78, 5) is 30.1. The number of hydrogen-bond donors (Lipinski definition) is 1. The highest BCUT2D eigenvalue weighted by atomic mass is 32.2. The van der Waals surface area contributed by atoms with E-state index in [0.29, 0.717) is 20.1 Å². The molecule has 3 rings (SSSR count). The van der Waals surface area contributed by atoms with E-state index >= 15 is 0 Å². The number of anilines is 1. The minimum atomic E-state index is -0.210. The Morgan fingerprint density at radius 3 is 3.09 bits per heavy atom. The number of thiazole rings is 1. The van der Waals surface area contributed by atoms with Crippen LogP contribution in [0, 0.1) is 0 Å². The van der Waals surface area contributed by atoms with E-state index in [1.807, 2.05) is 0 Å². The summed E-state index contributed by atoms with van der Waals surface area (Å²) in [6.45, 7) is 0.234. The lowest BCUT2D eigenvalue weighted by Crippen LogP contribution is -2.31. The van der Waals surface area contributed by atoms with Crippen molar-refractivity contribution in [2.24, 2.45) is 0 Å². The second-order valence-electron chi connectivity index (χ2n) is 4.48. The van der Waals surface area contributed by atoms with E-state index in [2.05, 4.69) is 10.3 Å². The van der Waals surface area contributed by atoms with Crippen molar-refractivity contribution in [1.29, 1.82) is 0 Å². The molecule has 0 aliphatic carbocycles. The summed E-state index contributed by atoms with van der Waals surface area (Å²) in [5.41, 5.74) is 0. The largest absolute Gasteiger partial charge is 0.465 e. The first kappa shape index (κ1) is 15.9. The van der Waals surface area contributed by atoms with Crippen LogP contribution in [0.25, 0.3) is 6.08 Å². The lowest BCUT2D eigenvalue weighted by Gasteiger charge is -2.13. The molecule has 0 spiro atoms. The Labute approximate surface area is 145 Å². The summed E-state index contributed by atoms with van der Waals surface area (Å²) in [5, 5.41) is 4.99. The molecule has 0 unspecified atom stereocenters. The maximum Gasteiger partial charge on any atom is 0.266 e. The van der Waals surface area contributed by atoms with Crippen molar-refractivity contribution in [1.82, 2.24) is 9.88 Å². The molecule has 0 bridgehead atoms. The zero-order valence-electron chi connectivity index (χ0n) is 11.7. The van der Waals surface area contributed by atoms with Gasteiger partial charge in [-0.05, 0) is 12.1 Å². The minimum absolute atomic E-state index is 0.153. The highest BCUT2D eigenvalue weighted by Crippen LogP contribution is 2.32. The molecule has 2 aromatic rings. The number of nitrogens with one attached hydrogen (secondary N) is 1. The summed E-state index contributed by atoms with van der Waals surface area (Å²) < 4.78 is 5.64. The summed E-state index contributed by atoms with van der Waals surface area (Å²) in [5.74, 6) is 0.175. The van der Waals surface area contributed by atoms with Gasteiger partial charge in [-0.25, -0.2) is 4.98 Å². The van der Waals surface area contributed by atoms with Crippen LogP contribution in [0.3, 0.4) is 0 Å². The number of thiocarbonyl (C=S) groups is 1. The van der Waals surface area contributed by atoms with Crippen LogP contribution < -0.4 is 5.32 Å². The maximum atomic E-state index is 12.3. The van der Waals surface area contributed by atoms with E-state index in [1.165, 1.54) is 34.3 Å². The van der Waals surface area contributed by atoms with Crippen molar-refractivity contribution in [3.63, 3.8) is 0 Å². The van der Waals surface area contributed by atoms with Crippen molar-refractivity contribution in [3.8, 4) is 0 Å². The third-order valence-electron chi connectivity index (χ3n) is 2.93. The molecule has 1 N–H and O–H groups in total. The number of thioether (sulfide) groups is 1. The molecule has 1 aliphatic heterocycles. The second kappa shape index (κ2) is 7.07. The van der Waals surface area contributed by atoms with E-state index in [-0.39, 0.29) is 24.8 Å². The predicted octanol–water partition coefficient (Wildman–Crippen LogP) is 2.97. The van der Waals surface area contributed by atoms with Crippen molar-refractivity contribution in [2.75, 3.05) is 11.9 Å². The van der Waals surface area contributed by atoms with Crippen molar-refractivity contribution in [3.05, 3.63) is 40.6 Å². The van der Waals surface area contributed by atoms with Gasteiger partial charge < -0.3 is 9.73 Å². The van der Waals surface area contributed by atoms with Gasteiger partial charge in [-0.2, -0.15) is 0 Å². The molecule has 1 saturated heterocycles. The van der Waals surface area contributed by atoms with Crippen LogP contribution in [0.4, 0.5) is 5.13 Å². The van der Waals surface area contributed by atoms with Crippen LogP contribution in [-0.2, 0) is 9.59 Å². The van der Waals surface area contributed by atoms with Gasteiger partial charge in [0.25, 0.3) is 5.91 Å². The van der Waals surface area contributed by atoms with Gasteiger partial charge in [-0.3, -0.25) is 14.5 Å². The number of furan rings is 1. The Morgan fingerprint density at radius 1 is 1.52 bits per heavy atom. The SMILES string of the molecule is O=C(CCN1C(=O)/C(=C/c2ccco2)SC1=S)Nc1nccs1. The molecule has 1 fully saturated rings. The van der Waals surface area contributed by atoms with Crippen LogP contribution in [0.15, 0.2) is 39.3 Å². The number of carbonyl (C=O) groups excluding carboxylic acids is 2. The summed E-state index contributed by atoms with van der Waals surface area (Å²) in [6.07, 6.45) is 4.95. The first-order valence-electron chi connectivity index (χ1n) is 6.62. The topological polar surface area (TPSA) is 75.4 Å². The summed E-state index contributed by atoms with van der Waals surface area (Å²) in [6, 6.07) is 3.50. The molecule has 0 aromatic carbocycles. The van der Waals surface area contributed by atoms with Crippen molar-refractivity contribution in [2.45, 2.75) is 6.42 Å². The average Bonchev–Trinajstić information content (AvgIpc) is 3.23. The molecule has 6 nitrogen and oxygen atoms in total. The van der Waals surface area contributed by atoms with Crippen LogP contribution in [0.1, 0.15) is 12.2 Å². The molecule has 0 radical (unpaired) electrons. The molecule has 0 saturated carbocycles. The summed E-state index contributed by atoms with van der Waals surface area (Å²) in [7, 11) is 0. The third kappa shape index (κ3) is 3.87. The first-order valence-corrected chi connectivity index (χ1v) is 8.72. The standard InChI is InChI=1S/C14H11N3O3S3/c18-11(16-13-15-4-7-22-13)3-5-17-12(19)10(23-14(17)21)8-9-2-1-6-20-9/h1-2,4,6-8H,3,5H2,(H,15,16,18)/b10-8-. The molecule has 1 aliphatic rings. The molecule has 2 aromatic heterocycles. The number of carbonyl (C=O) groups is 2. The van der Waals surface area contributed by atoms with Crippen molar-refractivity contribution < 1.29 is 14.0 Å². The predicted molar refractivity (Wildman–Crippen MR) is 93.9 cm³/mol. The Morgan fingerprint density at radius 2 is 2.39 bits per heavy atom. The van der Waals surface area contributed by atoms with Gasteiger partial charge in [0.1, 0.15) is 10.1 Å². The van der Waals surface area contributed by atoms with E-state index in [0.717, 1.165) is 0 Å². The van der Waals surface area contributed by atoms with E-state index in [9.17, 15) is 9.59 Å². The number of aromatic nitrogens is 1. The van der Waals surface area contributed by atoms with Crippen LogP contribution in [0.2, 0.25) is 0 Å². The Balaban J connectivity index is 1.59. The molecular weight excluding hydrogens is 354 g/mol. The van der Waals surface area contributed by atoms with Crippen LogP contribution in [0.5, 0.6) is 0 Å². The Hall–Kier alpha value is -1.97. The smallest absolute Gasteiger partial charge is 0.266 e. The van der Waals surface area contributed by atoms with E-state index in [4.69, 9.17) is 16.6 Å². The minimum Gasteiger partial charge on any atom is -0.465 e. The zero-order valence-corrected chi connectivity index (χ0v) is 14.2. The number of amides is 2. The fourth-order valence-corrected chi connectivity index (χ4v) is 3.71. The molecule has 9 heteroatoms. The third-order valence-corrected chi connectivity index (χ3v) is 5.00.